The smallest absolute Gasteiger partial charge is 0.252 e. The molecular formula is C15H22ClN3O3. The van der Waals surface area contributed by atoms with Gasteiger partial charge in [0.05, 0.1) is 11.7 Å². The van der Waals surface area contributed by atoms with Gasteiger partial charge in [0.2, 0.25) is 0 Å². The van der Waals surface area contributed by atoms with Crippen molar-refractivity contribution in [1.29, 1.82) is 0 Å². The van der Waals surface area contributed by atoms with E-state index in [2.05, 4.69) is 4.90 Å². The quantitative estimate of drug-likeness (QED) is 0.710. The van der Waals surface area contributed by atoms with Gasteiger partial charge in [-0.25, -0.2) is 0 Å². The summed E-state index contributed by atoms with van der Waals surface area (Å²) in [4.78, 5) is 13.6. The molecule has 5 N–H and O–H groups in total. The number of rotatable bonds is 6. The number of carbonyl (C=O) groups excluding carboxylic acids is 1. The van der Waals surface area contributed by atoms with Gasteiger partial charge < -0.3 is 26.2 Å². The molecule has 6 nitrogen and oxygen atoms in total. The highest BCUT2D eigenvalue weighted by Crippen LogP contribution is 2.26. The molecule has 1 amide bonds. The van der Waals surface area contributed by atoms with E-state index in [0.29, 0.717) is 22.9 Å². The van der Waals surface area contributed by atoms with Gasteiger partial charge in [-0.05, 0) is 31.0 Å². The lowest BCUT2D eigenvalue weighted by Gasteiger charge is -2.33. The lowest BCUT2D eigenvalue weighted by Crippen LogP contribution is -2.43. The van der Waals surface area contributed by atoms with E-state index in [1.165, 1.54) is 6.07 Å². The molecule has 1 aliphatic rings. The molecular weight excluding hydrogens is 306 g/mol. The highest BCUT2D eigenvalue weighted by molar-refractivity contribution is 6.31. The molecule has 1 atom stereocenters. The van der Waals surface area contributed by atoms with Crippen molar-refractivity contribution in [3.05, 3.63) is 28.8 Å². The second kappa shape index (κ2) is 7.78. The number of aliphatic hydroxyl groups excluding tert-OH is 1. The maximum Gasteiger partial charge on any atom is 0.252 e. The second-order valence-electron chi connectivity index (χ2n) is 5.51. The summed E-state index contributed by atoms with van der Waals surface area (Å²) in [5, 5.41) is 10.0. The average molecular weight is 328 g/mol. The molecule has 2 rings (SSSR count). The summed E-state index contributed by atoms with van der Waals surface area (Å²) in [6.07, 6.45) is 1.16. The summed E-state index contributed by atoms with van der Waals surface area (Å²) in [7, 11) is 0. The highest BCUT2D eigenvalue weighted by atomic mass is 35.5. The van der Waals surface area contributed by atoms with Gasteiger partial charge in [0.25, 0.3) is 5.91 Å². The fraction of sp³-hybridized carbons (Fsp3) is 0.533. The summed E-state index contributed by atoms with van der Waals surface area (Å²) >= 11 is 5.88. The molecule has 0 aromatic heterocycles. The molecule has 0 spiro atoms. The molecule has 0 radical (unpaired) electrons. The Morgan fingerprint density at radius 3 is 2.73 bits per heavy atom. The first-order chi connectivity index (χ1) is 10.5. The van der Waals surface area contributed by atoms with Crippen LogP contribution in [0.4, 0.5) is 0 Å². The molecule has 0 aliphatic carbocycles. The first kappa shape index (κ1) is 17.0. The van der Waals surface area contributed by atoms with Crippen molar-refractivity contribution < 1.29 is 14.6 Å². The third-order valence-electron chi connectivity index (χ3n) is 3.78. The van der Waals surface area contributed by atoms with Gasteiger partial charge in [0, 0.05) is 31.2 Å². The molecule has 1 aromatic carbocycles. The van der Waals surface area contributed by atoms with Crippen LogP contribution < -0.4 is 16.2 Å². The van der Waals surface area contributed by atoms with Crippen LogP contribution in [0.25, 0.3) is 0 Å². The molecule has 0 bridgehead atoms. The molecule has 0 saturated carbocycles. The lowest BCUT2D eigenvalue weighted by atomic mass is 10.1. The molecule has 1 heterocycles. The van der Waals surface area contributed by atoms with E-state index in [0.717, 1.165) is 25.9 Å². The van der Waals surface area contributed by atoms with Crippen molar-refractivity contribution in [2.45, 2.75) is 25.0 Å². The number of primary amides is 1. The largest absolute Gasteiger partial charge is 0.489 e. The first-order valence-electron chi connectivity index (χ1n) is 7.36. The molecule has 1 saturated heterocycles. The summed E-state index contributed by atoms with van der Waals surface area (Å²) in [5.41, 5.74) is 11.1. The summed E-state index contributed by atoms with van der Waals surface area (Å²) in [5.74, 6) is -0.0849. The molecule has 1 fully saturated rings. The van der Waals surface area contributed by atoms with Gasteiger partial charge in [-0.1, -0.05) is 11.6 Å². The van der Waals surface area contributed by atoms with E-state index < -0.39 is 12.0 Å². The van der Waals surface area contributed by atoms with Gasteiger partial charge in [0.15, 0.2) is 0 Å². The number of aliphatic hydroxyl groups is 1. The van der Waals surface area contributed by atoms with Crippen LogP contribution in [-0.2, 0) is 0 Å². The molecule has 7 heteroatoms. The Bertz CT molecular complexity index is 519. The number of likely N-dealkylation sites (tertiary alicyclic amines) is 1. The number of nitrogens with zero attached hydrogens (tertiary/aromatic N) is 1. The van der Waals surface area contributed by atoms with Crippen LogP contribution in [0.1, 0.15) is 23.2 Å². The van der Waals surface area contributed by atoms with Gasteiger partial charge in [0.1, 0.15) is 11.9 Å². The number of halogens is 1. The normalized spacial score (nSPS) is 18.1. The first-order valence-corrected chi connectivity index (χ1v) is 7.74. The van der Waals surface area contributed by atoms with Crippen molar-refractivity contribution in [3.8, 4) is 5.75 Å². The van der Waals surface area contributed by atoms with Crippen LogP contribution in [-0.4, -0.2) is 54.3 Å². The van der Waals surface area contributed by atoms with Gasteiger partial charge >= 0.3 is 0 Å². The molecule has 22 heavy (non-hydrogen) atoms. The number of carbonyl (C=O) groups is 1. The van der Waals surface area contributed by atoms with Gasteiger partial charge in [-0.15, -0.1) is 0 Å². The maximum absolute atomic E-state index is 11.5. The zero-order chi connectivity index (χ0) is 16.1. The lowest BCUT2D eigenvalue weighted by molar-refractivity contribution is 0.0634. The second-order valence-corrected chi connectivity index (χ2v) is 5.95. The Labute approximate surface area is 135 Å². The zero-order valence-electron chi connectivity index (χ0n) is 12.4. The predicted molar refractivity (Wildman–Crippen MR) is 85.1 cm³/mol. The molecule has 122 valence electrons. The number of ether oxygens (including phenoxy) is 1. The molecule has 0 unspecified atom stereocenters. The van der Waals surface area contributed by atoms with Gasteiger partial charge in [-0.2, -0.15) is 0 Å². The monoisotopic (exact) mass is 327 g/mol. The van der Waals surface area contributed by atoms with Crippen LogP contribution in [0.15, 0.2) is 18.2 Å². The molecule has 1 aromatic rings. The third-order valence-corrected chi connectivity index (χ3v) is 4.01. The van der Waals surface area contributed by atoms with E-state index in [-0.39, 0.29) is 12.6 Å². The number of β-amino-alcohol motifs (C(OH)–C–C–N with tert-alkyl or cyclic N) is 1. The van der Waals surface area contributed by atoms with Crippen molar-refractivity contribution in [3.63, 3.8) is 0 Å². The minimum Gasteiger partial charge on any atom is -0.489 e. The number of hydrogen-bond acceptors (Lipinski definition) is 5. The number of piperidine rings is 1. The highest BCUT2D eigenvalue weighted by Gasteiger charge is 2.23. The van der Waals surface area contributed by atoms with Crippen LogP contribution >= 0.6 is 11.6 Å². The summed E-state index contributed by atoms with van der Waals surface area (Å²) in [6.45, 7) is 2.49. The number of benzene rings is 1. The third kappa shape index (κ3) is 4.58. The fourth-order valence-corrected chi connectivity index (χ4v) is 2.73. The van der Waals surface area contributed by atoms with Crippen molar-refractivity contribution >= 4 is 17.5 Å². The summed E-state index contributed by atoms with van der Waals surface area (Å²) < 4.78 is 5.91. The Hall–Kier alpha value is -1.34. The standard InChI is InChI=1S/C15H22ClN3O3/c16-10-1-2-14(13(7-10)15(18)21)22-12-3-5-19(6-4-12)9-11(20)8-17/h1-2,7,11-12,20H,3-6,8-9,17H2,(H2,18,21)/t11-/m0/s1. The molecule has 1 aliphatic heterocycles. The van der Waals surface area contributed by atoms with Crippen molar-refractivity contribution in [1.82, 2.24) is 4.90 Å². The average Bonchev–Trinajstić information content (AvgIpc) is 2.50. The van der Waals surface area contributed by atoms with Gasteiger partial charge in [-0.3, -0.25) is 4.79 Å². The van der Waals surface area contributed by atoms with Crippen molar-refractivity contribution in [2.24, 2.45) is 11.5 Å². The van der Waals surface area contributed by atoms with Crippen LogP contribution in [0.2, 0.25) is 5.02 Å². The van der Waals surface area contributed by atoms with E-state index in [1.807, 2.05) is 0 Å². The van der Waals surface area contributed by atoms with Crippen LogP contribution in [0.3, 0.4) is 0 Å². The Balaban J connectivity index is 1.92. The fourth-order valence-electron chi connectivity index (χ4n) is 2.56. The minimum atomic E-state index is -0.555. The van der Waals surface area contributed by atoms with Crippen molar-refractivity contribution in [2.75, 3.05) is 26.2 Å². The minimum absolute atomic E-state index is 0.0190. The zero-order valence-corrected chi connectivity index (χ0v) is 13.1. The number of nitrogens with two attached hydrogens (primary N) is 2. The predicted octanol–water partition coefficient (Wildman–Crippen LogP) is 0.602. The number of hydrogen-bond donors (Lipinski definition) is 3. The van der Waals surface area contributed by atoms with E-state index in [4.69, 9.17) is 27.8 Å². The van der Waals surface area contributed by atoms with E-state index in [1.54, 1.807) is 12.1 Å². The van der Waals surface area contributed by atoms with Crippen LogP contribution in [0, 0.1) is 0 Å². The van der Waals surface area contributed by atoms with E-state index in [9.17, 15) is 9.90 Å². The Morgan fingerprint density at radius 1 is 1.45 bits per heavy atom. The number of amides is 1. The Morgan fingerprint density at radius 2 is 2.14 bits per heavy atom. The van der Waals surface area contributed by atoms with E-state index >= 15 is 0 Å². The SMILES string of the molecule is NC[C@H](O)CN1CCC(Oc2ccc(Cl)cc2C(N)=O)CC1. The van der Waals surface area contributed by atoms with Crippen LogP contribution in [0.5, 0.6) is 5.75 Å². The Kier molecular flexibility index (Phi) is 6.02. The summed E-state index contributed by atoms with van der Waals surface area (Å²) in [6, 6.07) is 4.87. The topological polar surface area (TPSA) is 102 Å². The maximum atomic E-state index is 11.5.